The van der Waals surface area contributed by atoms with E-state index in [0.717, 1.165) is 6.42 Å². The number of rotatable bonds is 6. The van der Waals surface area contributed by atoms with E-state index in [0.29, 0.717) is 26.0 Å². The molecular weight excluding hydrogens is 268 g/mol. The van der Waals surface area contributed by atoms with Crippen molar-refractivity contribution in [3.05, 3.63) is 0 Å². The molecule has 1 N–H and O–H groups in total. The topological polar surface area (TPSA) is 58.6 Å². The average molecular weight is 298 g/mol. The number of carbonyl (C=O) groups is 2. The lowest BCUT2D eigenvalue weighted by atomic mass is 9.90. The molecule has 0 aromatic heterocycles. The van der Waals surface area contributed by atoms with Gasteiger partial charge in [0.2, 0.25) is 11.8 Å². The van der Waals surface area contributed by atoms with Gasteiger partial charge in [0.05, 0.1) is 12.2 Å². The van der Waals surface area contributed by atoms with Crippen molar-refractivity contribution in [2.24, 2.45) is 0 Å². The maximum absolute atomic E-state index is 12.7. The third kappa shape index (κ3) is 4.43. The number of amides is 2. The van der Waals surface area contributed by atoms with E-state index >= 15 is 0 Å². The predicted octanol–water partition coefficient (Wildman–Crippen LogP) is 2.10. The molecule has 0 aromatic rings. The van der Waals surface area contributed by atoms with Gasteiger partial charge in [-0.15, -0.1) is 0 Å². The third-order valence-corrected chi connectivity index (χ3v) is 3.95. The second-order valence-corrected chi connectivity index (χ2v) is 6.94. The van der Waals surface area contributed by atoms with E-state index in [4.69, 9.17) is 4.74 Å². The minimum absolute atomic E-state index is 0.000518. The van der Waals surface area contributed by atoms with Gasteiger partial charge in [-0.25, -0.2) is 0 Å². The molecule has 5 nitrogen and oxygen atoms in total. The Morgan fingerprint density at radius 3 is 2.38 bits per heavy atom. The van der Waals surface area contributed by atoms with E-state index in [9.17, 15) is 9.59 Å². The highest BCUT2D eigenvalue weighted by Crippen LogP contribution is 2.23. The van der Waals surface area contributed by atoms with Crippen LogP contribution in [0.3, 0.4) is 0 Å². The van der Waals surface area contributed by atoms with E-state index in [2.05, 4.69) is 5.32 Å². The average Bonchev–Trinajstić information content (AvgIpc) is 2.38. The van der Waals surface area contributed by atoms with Crippen LogP contribution in [0.15, 0.2) is 0 Å². The molecule has 0 radical (unpaired) electrons. The van der Waals surface area contributed by atoms with Crippen LogP contribution in [0, 0.1) is 0 Å². The van der Waals surface area contributed by atoms with Crippen molar-refractivity contribution in [3.63, 3.8) is 0 Å². The summed E-state index contributed by atoms with van der Waals surface area (Å²) in [7, 11) is 0. The Morgan fingerprint density at radius 2 is 1.90 bits per heavy atom. The maximum Gasteiger partial charge on any atom is 0.248 e. The molecule has 1 rings (SSSR count). The Balaban J connectivity index is 2.85. The van der Waals surface area contributed by atoms with E-state index in [1.165, 1.54) is 0 Å². The monoisotopic (exact) mass is 298 g/mol. The fourth-order valence-corrected chi connectivity index (χ4v) is 2.52. The van der Waals surface area contributed by atoms with Crippen molar-refractivity contribution in [2.45, 2.75) is 78.0 Å². The Labute approximate surface area is 128 Å². The molecule has 0 spiro atoms. The Bertz CT molecular complexity index is 389. The standard InChI is InChI=1S/C16H30N2O3/c1-7-9-12-13(19)17-16(6,8-2)14(20)18(12)10-11-21-15(3,4)5/h12H,7-11H2,1-6H3,(H,17,19). The van der Waals surface area contributed by atoms with Crippen molar-refractivity contribution in [1.82, 2.24) is 10.2 Å². The fourth-order valence-electron chi connectivity index (χ4n) is 2.52. The normalized spacial score (nSPS) is 27.0. The molecule has 1 heterocycles. The Hall–Kier alpha value is -1.10. The van der Waals surface area contributed by atoms with Crippen LogP contribution in [0.1, 0.15) is 60.8 Å². The van der Waals surface area contributed by atoms with Gasteiger partial charge in [0.25, 0.3) is 0 Å². The summed E-state index contributed by atoms with van der Waals surface area (Å²) in [6, 6.07) is -0.370. The van der Waals surface area contributed by atoms with Crippen molar-refractivity contribution < 1.29 is 14.3 Å². The summed E-state index contributed by atoms with van der Waals surface area (Å²) >= 11 is 0. The van der Waals surface area contributed by atoms with Gasteiger partial charge in [-0.3, -0.25) is 9.59 Å². The van der Waals surface area contributed by atoms with Crippen LogP contribution in [0.5, 0.6) is 0 Å². The number of hydrogen-bond acceptors (Lipinski definition) is 3. The highest BCUT2D eigenvalue weighted by molar-refractivity contribution is 5.99. The fraction of sp³-hybridized carbons (Fsp3) is 0.875. The van der Waals surface area contributed by atoms with Crippen LogP contribution in [0.25, 0.3) is 0 Å². The maximum atomic E-state index is 12.7. The van der Waals surface area contributed by atoms with Crippen LogP contribution in [-0.2, 0) is 14.3 Å². The molecule has 1 saturated heterocycles. The molecule has 5 heteroatoms. The number of piperazine rings is 1. The summed E-state index contributed by atoms with van der Waals surface area (Å²) in [4.78, 5) is 26.8. The highest BCUT2D eigenvalue weighted by Gasteiger charge is 2.46. The lowest BCUT2D eigenvalue weighted by molar-refractivity contribution is -0.156. The van der Waals surface area contributed by atoms with Crippen molar-refractivity contribution in [2.75, 3.05) is 13.2 Å². The second-order valence-electron chi connectivity index (χ2n) is 6.94. The Morgan fingerprint density at radius 1 is 1.29 bits per heavy atom. The van der Waals surface area contributed by atoms with Crippen molar-refractivity contribution in [1.29, 1.82) is 0 Å². The van der Waals surface area contributed by atoms with Gasteiger partial charge in [-0.1, -0.05) is 20.3 Å². The number of nitrogens with zero attached hydrogens (tertiary/aromatic N) is 1. The van der Waals surface area contributed by atoms with Gasteiger partial charge >= 0.3 is 0 Å². The first kappa shape index (κ1) is 18.0. The molecule has 2 unspecified atom stereocenters. The zero-order chi connectivity index (χ0) is 16.3. The van der Waals surface area contributed by atoms with Crippen molar-refractivity contribution in [3.8, 4) is 0 Å². The Kier molecular flexibility index (Phi) is 5.79. The number of ether oxygens (including phenoxy) is 1. The van der Waals surface area contributed by atoms with Gasteiger partial charge < -0.3 is 15.0 Å². The molecule has 1 aliphatic rings. The van der Waals surface area contributed by atoms with E-state index < -0.39 is 5.54 Å². The minimum Gasteiger partial charge on any atom is -0.374 e. The number of carbonyl (C=O) groups excluding carboxylic acids is 2. The largest absolute Gasteiger partial charge is 0.374 e. The first-order valence-corrected chi connectivity index (χ1v) is 7.91. The molecule has 0 saturated carbocycles. The van der Waals surface area contributed by atoms with Gasteiger partial charge in [-0.2, -0.15) is 0 Å². The molecule has 2 amide bonds. The summed E-state index contributed by atoms with van der Waals surface area (Å²) in [5.41, 5.74) is -1.03. The van der Waals surface area contributed by atoms with Crippen LogP contribution < -0.4 is 5.32 Å². The molecule has 1 aliphatic heterocycles. The lowest BCUT2D eigenvalue weighted by Crippen LogP contribution is -2.69. The van der Waals surface area contributed by atoms with Crippen LogP contribution in [0.2, 0.25) is 0 Å². The van der Waals surface area contributed by atoms with Gasteiger partial charge in [0.15, 0.2) is 0 Å². The molecule has 1 fully saturated rings. The highest BCUT2D eigenvalue weighted by atomic mass is 16.5. The number of hydrogen-bond donors (Lipinski definition) is 1. The molecular formula is C16H30N2O3. The summed E-state index contributed by atoms with van der Waals surface area (Å²) in [6.07, 6.45) is 2.14. The molecule has 0 bridgehead atoms. The third-order valence-electron chi connectivity index (χ3n) is 3.95. The number of nitrogens with one attached hydrogen (secondary N) is 1. The predicted molar refractivity (Wildman–Crippen MR) is 83.0 cm³/mol. The summed E-state index contributed by atoms with van der Waals surface area (Å²) in [5, 5.41) is 2.89. The zero-order valence-electron chi connectivity index (χ0n) is 14.3. The summed E-state index contributed by atoms with van der Waals surface area (Å²) in [6.45, 7) is 12.6. The quantitative estimate of drug-likeness (QED) is 0.817. The molecule has 122 valence electrons. The molecule has 0 aliphatic carbocycles. The van der Waals surface area contributed by atoms with Gasteiger partial charge in [0.1, 0.15) is 11.6 Å². The smallest absolute Gasteiger partial charge is 0.248 e. The second kappa shape index (κ2) is 6.77. The SMILES string of the molecule is CCCC1C(=O)NC(C)(CC)C(=O)N1CCOC(C)(C)C. The molecule has 21 heavy (non-hydrogen) atoms. The minimum atomic E-state index is -0.789. The van der Waals surface area contributed by atoms with Gasteiger partial charge in [0, 0.05) is 6.54 Å². The summed E-state index contributed by atoms with van der Waals surface area (Å²) in [5.74, 6) is -0.0443. The van der Waals surface area contributed by atoms with Crippen LogP contribution in [-0.4, -0.2) is 47.0 Å². The molecule has 0 aromatic carbocycles. The van der Waals surface area contributed by atoms with E-state index in [1.807, 2.05) is 34.6 Å². The van der Waals surface area contributed by atoms with Crippen molar-refractivity contribution >= 4 is 11.8 Å². The summed E-state index contributed by atoms with van der Waals surface area (Å²) < 4.78 is 5.72. The van der Waals surface area contributed by atoms with Crippen LogP contribution >= 0.6 is 0 Å². The zero-order valence-corrected chi connectivity index (χ0v) is 14.3. The van der Waals surface area contributed by atoms with Gasteiger partial charge in [-0.05, 0) is 40.5 Å². The van der Waals surface area contributed by atoms with Crippen LogP contribution in [0.4, 0.5) is 0 Å². The van der Waals surface area contributed by atoms with E-state index in [-0.39, 0.29) is 23.5 Å². The lowest BCUT2D eigenvalue weighted by Gasteiger charge is -2.44. The molecule has 2 atom stereocenters. The first-order chi connectivity index (χ1) is 9.64. The van der Waals surface area contributed by atoms with E-state index in [1.54, 1.807) is 11.8 Å². The first-order valence-electron chi connectivity index (χ1n) is 7.91.